The molecule has 2 aromatic rings. The zero-order valence-corrected chi connectivity index (χ0v) is 11.8. The number of carboxylic acids is 1. The maximum atomic E-state index is 12.0. The fourth-order valence-electron chi connectivity index (χ4n) is 1.44. The van der Waals surface area contributed by atoms with Gasteiger partial charge in [-0.1, -0.05) is 0 Å². The molecule has 1 aromatic heterocycles. The number of hydrogen-bond acceptors (Lipinski definition) is 6. The minimum absolute atomic E-state index is 0.0981. The zero-order valence-electron chi connectivity index (χ0n) is 10.2. The predicted octanol–water partition coefficient (Wildman–Crippen LogP) is 2.16. The number of nitro benzene ring substituents is 1. The van der Waals surface area contributed by atoms with E-state index in [2.05, 4.69) is 4.72 Å². The summed E-state index contributed by atoms with van der Waals surface area (Å²) in [5.41, 5.74) is -0.0203. The zero-order chi connectivity index (χ0) is 15.6. The Hall–Kier alpha value is -2.46. The standard InChI is InChI=1S/C11H8N2O6S2/c14-11(15)9-5-6-10(20-9)21(18,19)12-7-1-3-8(4-2-7)13(16)17/h1-6,12H,(H,14,15). The fraction of sp³-hybridized carbons (Fsp3) is 0. The topological polar surface area (TPSA) is 127 Å². The van der Waals surface area contributed by atoms with E-state index in [9.17, 15) is 23.3 Å². The first-order chi connectivity index (χ1) is 9.79. The van der Waals surface area contributed by atoms with Crippen LogP contribution >= 0.6 is 11.3 Å². The van der Waals surface area contributed by atoms with Gasteiger partial charge in [0.1, 0.15) is 9.09 Å². The first kappa shape index (κ1) is 14.9. The number of thiophene rings is 1. The van der Waals surface area contributed by atoms with E-state index in [0.29, 0.717) is 11.3 Å². The van der Waals surface area contributed by atoms with Crippen LogP contribution in [0.1, 0.15) is 9.67 Å². The minimum atomic E-state index is -3.92. The molecule has 0 aliphatic carbocycles. The van der Waals surface area contributed by atoms with Gasteiger partial charge in [0.05, 0.1) is 4.92 Å². The second-order valence-corrected chi connectivity index (χ2v) is 6.83. The third-order valence-electron chi connectivity index (χ3n) is 2.39. The summed E-state index contributed by atoms with van der Waals surface area (Å²) in [6.45, 7) is 0. The van der Waals surface area contributed by atoms with Crippen molar-refractivity contribution in [3.05, 3.63) is 51.4 Å². The highest BCUT2D eigenvalue weighted by Gasteiger charge is 2.19. The molecule has 0 fully saturated rings. The number of non-ortho nitro benzene ring substituents is 1. The summed E-state index contributed by atoms with van der Waals surface area (Å²) in [5.74, 6) is -1.21. The van der Waals surface area contributed by atoms with Crippen molar-refractivity contribution < 1.29 is 23.2 Å². The molecule has 1 aromatic carbocycles. The molecule has 0 saturated heterocycles. The SMILES string of the molecule is O=C(O)c1ccc(S(=O)(=O)Nc2ccc([N+](=O)[O-])cc2)s1. The molecule has 0 radical (unpaired) electrons. The molecule has 10 heteroatoms. The van der Waals surface area contributed by atoms with Gasteiger partial charge in [-0.3, -0.25) is 14.8 Å². The van der Waals surface area contributed by atoms with E-state index in [1.54, 1.807) is 0 Å². The number of nitro groups is 1. The average Bonchev–Trinajstić information content (AvgIpc) is 2.89. The Kier molecular flexibility index (Phi) is 3.91. The highest BCUT2D eigenvalue weighted by molar-refractivity contribution is 7.94. The molecule has 0 spiro atoms. The number of benzene rings is 1. The molecule has 0 atom stereocenters. The van der Waals surface area contributed by atoms with Crippen LogP contribution in [0.5, 0.6) is 0 Å². The van der Waals surface area contributed by atoms with Crippen molar-refractivity contribution in [2.24, 2.45) is 0 Å². The Morgan fingerprint density at radius 2 is 1.81 bits per heavy atom. The second kappa shape index (κ2) is 5.50. The minimum Gasteiger partial charge on any atom is -0.477 e. The molecular formula is C11H8N2O6S2. The Morgan fingerprint density at radius 1 is 1.19 bits per heavy atom. The van der Waals surface area contributed by atoms with Crippen LogP contribution in [-0.2, 0) is 10.0 Å². The van der Waals surface area contributed by atoms with Crippen molar-refractivity contribution in [3.8, 4) is 0 Å². The Bertz CT molecular complexity index is 794. The summed E-state index contributed by atoms with van der Waals surface area (Å²) in [6, 6.07) is 7.20. The molecule has 8 nitrogen and oxygen atoms in total. The number of sulfonamides is 1. The van der Waals surface area contributed by atoms with Crippen molar-refractivity contribution in [3.63, 3.8) is 0 Å². The Balaban J connectivity index is 2.24. The van der Waals surface area contributed by atoms with Gasteiger partial charge in [0, 0.05) is 17.8 Å². The molecule has 0 unspecified atom stereocenters. The number of nitrogens with one attached hydrogen (secondary N) is 1. The summed E-state index contributed by atoms with van der Waals surface area (Å²) in [5, 5.41) is 19.3. The van der Waals surface area contributed by atoms with E-state index in [1.807, 2.05) is 0 Å². The average molecular weight is 328 g/mol. The van der Waals surface area contributed by atoms with Crippen molar-refractivity contribution >= 4 is 38.7 Å². The summed E-state index contributed by atoms with van der Waals surface area (Å²) in [6.07, 6.45) is 0. The highest BCUT2D eigenvalue weighted by Crippen LogP contribution is 2.25. The number of nitrogens with zero attached hydrogens (tertiary/aromatic N) is 1. The Morgan fingerprint density at radius 3 is 2.29 bits per heavy atom. The first-order valence-electron chi connectivity index (χ1n) is 5.40. The summed E-state index contributed by atoms with van der Waals surface area (Å²) >= 11 is 0.617. The number of anilines is 1. The molecule has 0 bridgehead atoms. The summed E-state index contributed by atoms with van der Waals surface area (Å²) in [7, 11) is -3.92. The fourth-order valence-corrected chi connectivity index (χ4v) is 3.64. The predicted molar refractivity (Wildman–Crippen MR) is 75.2 cm³/mol. The molecular weight excluding hydrogens is 320 g/mol. The molecule has 0 amide bonds. The maximum absolute atomic E-state index is 12.0. The van der Waals surface area contributed by atoms with Crippen LogP contribution in [-0.4, -0.2) is 24.4 Å². The molecule has 2 N–H and O–H groups in total. The quantitative estimate of drug-likeness (QED) is 0.639. The normalized spacial score (nSPS) is 11.0. The number of rotatable bonds is 5. The molecule has 1 heterocycles. The van der Waals surface area contributed by atoms with Gasteiger partial charge < -0.3 is 5.11 Å². The van der Waals surface area contributed by atoms with Gasteiger partial charge in [-0.15, -0.1) is 11.3 Å². The molecule has 0 saturated carbocycles. The monoisotopic (exact) mass is 328 g/mol. The highest BCUT2D eigenvalue weighted by atomic mass is 32.2. The van der Waals surface area contributed by atoms with Crippen LogP contribution in [0.3, 0.4) is 0 Å². The van der Waals surface area contributed by atoms with Crippen molar-refractivity contribution in [2.75, 3.05) is 4.72 Å². The van der Waals surface area contributed by atoms with Crippen LogP contribution in [0.25, 0.3) is 0 Å². The van der Waals surface area contributed by atoms with E-state index >= 15 is 0 Å². The van der Waals surface area contributed by atoms with Crippen molar-refractivity contribution in [2.45, 2.75) is 4.21 Å². The van der Waals surface area contributed by atoms with Gasteiger partial charge in [-0.25, -0.2) is 13.2 Å². The lowest BCUT2D eigenvalue weighted by Crippen LogP contribution is -2.11. The number of carbonyl (C=O) groups is 1. The maximum Gasteiger partial charge on any atom is 0.345 e. The van der Waals surface area contributed by atoms with E-state index in [1.165, 1.54) is 24.3 Å². The van der Waals surface area contributed by atoms with E-state index < -0.39 is 20.9 Å². The number of hydrogen-bond donors (Lipinski definition) is 2. The van der Waals surface area contributed by atoms with Gasteiger partial charge in [-0.2, -0.15) is 0 Å². The molecule has 2 rings (SSSR count). The van der Waals surface area contributed by atoms with Crippen LogP contribution in [0, 0.1) is 10.1 Å². The lowest BCUT2D eigenvalue weighted by Gasteiger charge is -2.05. The van der Waals surface area contributed by atoms with Gasteiger partial charge in [0.2, 0.25) is 0 Å². The molecule has 21 heavy (non-hydrogen) atoms. The van der Waals surface area contributed by atoms with Crippen molar-refractivity contribution in [1.82, 2.24) is 0 Å². The van der Waals surface area contributed by atoms with Crippen LogP contribution in [0.4, 0.5) is 11.4 Å². The largest absolute Gasteiger partial charge is 0.477 e. The first-order valence-corrected chi connectivity index (χ1v) is 7.70. The summed E-state index contributed by atoms with van der Waals surface area (Å²) < 4.78 is 26.1. The van der Waals surface area contributed by atoms with Crippen LogP contribution in [0.2, 0.25) is 0 Å². The van der Waals surface area contributed by atoms with Gasteiger partial charge >= 0.3 is 5.97 Å². The molecule has 0 aliphatic heterocycles. The lowest BCUT2D eigenvalue weighted by atomic mass is 10.3. The third-order valence-corrected chi connectivity index (χ3v) is 5.33. The molecule has 110 valence electrons. The van der Waals surface area contributed by atoms with Gasteiger partial charge in [0.25, 0.3) is 15.7 Å². The van der Waals surface area contributed by atoms with Crippen molar-refractivity contribution in [1.29, 1.82) is 0 Å². The number of carboxylic acid groups (broad SMARTS) is 1. The number of aromatic carboxylic acids is 1. The van der Waals surface area contributed by atoms with E-state index in [4.69, 9.17) is 5.11 Å². The van der Waals surface area contributed by atoms with Gasteiger partial charge in [-0.05, 0) is 24.3 Å². The second-order valence-electron chi connectivity index (χ2n) is 3.83. The molecule has 0 aliphatic rings. The lowest BCUT2D eigenvalue weighted by molar-refractivity contribution is -0.384. The van der Waals surface area contributed by atoms with E-state index in [-0.39, 0.29) is 20.5 Å². The smallest absolute Gasteiger partial charge is 0.345 e. The summed E-state index contributed by atoms with van der Waals surface area (Å²) in [4.78, 5) is 20.5. The van der Waals surface area contributed by atoms with E-state index in [0.717, 1.165) is 12.1 Å². The van der Waals surface area contributed by atoms with Crippen LogP contribution < -0.4 is 4.72 Å². The van der Waals surface area contributed by atoms with Crippen LogP contribution in [0.15, 0.2) is 40.6 Å². The third kappa shape index (κ3) is 3.35. The van der Waals surface area contributed by atoms with Gasteiger partial charge in [0.15, 0.2) is 0 Å². The Labute approximate surface area is 122 Å².